The standard InChI is InChI=1S/C15H28N2O2/c1-2-12(18)9-10-16-15(19)14-8-7-11-5-3-4-6-13(11)17-14/h11-14,17-18H,2-10H2,1H3,(H,16,19). The van der Waals surface area contributed by atoms with Crippen molar-refractivity contribution in [3.8, 4) is 0 Å². The van der Waals surface area contributed by atoms with Gasteiger partial charge in [0.05, 0.1) is 12.1 Å². The van der Waals surface area contributed by atoms with Crippen molar-refractivity contribution in [2.24, 2.45) is 5.92 Å². The zero-order valence-electron chi connectivity index (χ0n) is 12.0. The zero-order valence-corrected chi connectivity index (χ0v) is 12.0. The van der Waals surface area contributed by atoms with Gasteiger partial charge in [-0.15, -0.1) is 0 Å². The molecule has 4 unspecified atom stereocenters. The van der Waals surface area contributed by atoms with Gasteiger partial charge in [-0.3, -0.25) is 4.79 Å². The van der Waals surface area contributed by atoms with Crippen molar-refractivity contribution in [3.63, 3.8) is 0 Å². The van der Waals surface area contributed by atoms with Gasteiger partial charge in [0.1, 0.15) is 0 Å². The summed E-state index contributed by atoms with van der Waals surface area (Å²) in [6.07, 6.45) is 8.47. The van der Waals surface area contributed by atoms with Crippen molar-refractivity contribution in [1.29, 1.82) is 0 Å². The summed E-state index contributed by atoms with van der Waals surface area (Å²) in [6.45, 7) is 2.54. The van der Waals surface area contributed by atoms with Gasteiger partial charge in [-0.25, -0.2) is 0 Å². The normalized spacial score (nSPS) is 32.4. The van der Waals surface area contributed by atoms with Crippen molar-refractivity contribution in [2.45, 2.75) is 76.5 Å². The molecule has 1 aliphatic heterocycles. The van der Waals surface area contributed by atoms with E-state index in [4.69, 9.17) is 0 Å². The third kappa shape index (κ3) is 4.18. The first-order valence-corrected chi connectivity index (χ1v) is 7.92. The molecule has 1 amide bonds. The van der Waals surface area contributed by atoms with E-state index in [1.165, 1.54) is 32.1 Å². The van der Waals surface area contributed by atoms with Crippen LogP contribution in [0, 0.1) is 5.92 Å². The molecule has 110 valence electrons. The van der Waals surface area contributed by atoms with Crippen molar-refractivity contribution in [3.05, 3.63) is 0 Å². The predicted molar refractivity (Wildman–Crippen MR) is 75.8 cm³/mol. The predicted octanol–water partition coefficient (Wildman–Crippen LogP) is 1.57. The molecule has 2 rings (SSSR count). The summed E-state index contributed by atoms with van der Waals surface area (Å²) in [7, 11) is 0. The lowest BCUT2D eigenvalue weighted by Crippen LogP contribution is -2.55. The topological polar surface area (TPSA) is 61.4 Å². The average Bonchev–Trinajstić information content (AvgIpc) is 2.46. The highest BCUT2D eigenvalue weighted by atomic mass is 16.3. The smallest absolute Gasteiger partial charge is 0.237 e. The summed E-state index contributed by atoms with van der Waals surface area (Å²) >= 11 is 0. The van der Waals surface area contributed by atoms with Crippen LogP contribution in [0.15, 0.2) is 0 Å². The fraction of sp³-hybridized carbons (Fsp3) is 0.933. The first-order valence-electron chi connectivity index (χ1n) is 7.92. The maximum Gasteiger partial charge on any atom is 0.237 e. The average molecular weight is 268 g/mol. The number of piperidine rings is 1. The summed E-state index contributed by atoms with van der Waals surface area (Å²) in [5, 5.41) is 16.0. The molecule has 1 saturated heterocycles. The molecule has 0 aromatic carbocycles. The van der Waals surface area contributed by atoms with E-state index in [1.807, 2.05) is 6.92 Å². The van der Waals surface area contributed by atoms with Crippen molar-refractivity contribution < 1.29 is 9.90 Å². The Hall–Kier alpha value is -0.610. The van der Waals surface area contributed by atoms with Crippen LogP contribution in [0.25, 0.3) is 0 Å². The van der Waals surface area contributed by atoms with E-state index < -0.39 is 0 Å². The van der Waals surface area contributed by atoms with E-state index in [0.29, 0.717) is 19.0 Å². The minimum absolute atomic E-state index is 0.0156. The van der Waals surface area contributed by atoms with Crippen LogP contribution >= 0.6 is 0 Å². The Labute approximate surface area is 116 Å². The van der Waals surface area contributed by atoms with Crippen molar-refractivity contribution in [1.82, 2.24) is 10.6 Å². The van der Waals surface area contributed by atoms with Gasteiger partial charge in [-0.2, -0.15) is 0 Å². The molecule has 4 atom stereocenters. The maximum absolute atomic E-state index is 12.1. The quantitative estimate of drug-likeness (QED) is 0.709. The number of hydrogen-bond donors (Lipinski definition) is 3. The van der Waals surface area contributed by atoms with E-state index in [0.717, 1.165) is 18.8 Å². The molecule has 3 N–H and O–H groups in total. The molecule has 4 heteroatoms. The highest BCUT2D eigenvalue weighted by Crippen LogP contribution is 2.32. The Bertz CT molecular complexity index is 296. The first-order chi connectivity index (χ1) is 9.20. The van der Waals surface area contributed by atoms with Crippen LogP contribution in [0.3, 0.4) is 0 Å². The summed E-state index contributed by atoms with van der Waals surface area (Å²) in [6, 6.07) is 0.539. The Morgan fingerprint density at radius 3 is 2.89 bits per heavy atom. The van der Waals surface area contributed by atoms with Gasteiger partial charge in [0.25, 0.3) is 0 Å². The van der Waals surface area contributed by atoms with Crippen LogP contribution in [-0.2, 0) is 4.79 Å². The largest absolute Gasteiger partial charge is 0.393 e. The molecule has 0 aromatic heterocycles. The minimum atomic E-state index is -0.290. The second-order valence-corrected chi connectivity index (χ2v) is 6.09. The lowest BCUT2D eigenvalue weighted by Gasteiger charge is -2.39. The summed E-state index contributed by atoms with van der Waals surface area (Å²) in [4.78, 5) is 12.1. The number of amides is 1. The van der Waals surface area contributed by atoms with Crippen LogP contribution < -0.4 is 10.6 Å². The first kappa shape index (κ1) is 14.8. The highest BCUT2D eigenvalue weighted by Gasteiger charge is 2.34. The number of rotatable bonds is 5. The third-order valence-electron chi connectivity index (χ3n) is 4.72. The van der Waals surface area contributed by atoms with E-state index in [1.54, 1.807) is 0 Å². The van der Waals surface area contributed by atoms with Crippen molar-refractivity contribution >= 4 is 5.91 Å². The third-order valence-corrected chi connectivity index (χ3v) is 4.72. The van der Waals surface area contributed by atoms with E-state index >= 15 is 0 Å². The van der Waals surface area contributed by atoms with Gasteiger partial charge >= 0.3 is 0 Å². The fourth-order valence-electron chi connectivity index (χ4n) is 3.39. The maximum atomic E-state index is 12.1. The van der Waals surface area contributed by atoms with Gasteiger partial charge < -0.3 is 15.7 Å². The molecule has 4 nitrogen and oxygen atoms in total. The van der Waals surface area contributed by atoms with Gasteiger partial charge in [0.2, 0.25) is 5.91 Å². The van der Waals surface area contributed by atoms with Crippen LogP contribution in [0.5, 0.6) is 0 Å². The van der Waals surface area contributed by atoms with E-state index in [-0.39, 0.29) is 18.1 Å². The fourth-order valence-corrected chi connectivity index (χ4v) is 3.39. The molecule has 1 heterocycles. The second-order valence-electron chi connectivity index (χ2n) is 6.09. The summed E-state index contributed by atoms with van der Waals surface area (Å²) in [5.41, 5.74) is 0. The second kappa shape index (κ2) is 7.25. The lowest BCUT2D eigenvalue weighted by molar-refractivity contribution is -0.124. The minimum Gasteiger partial charge on any atom is -0.393 e. The molecule has 2 fully saturated rings. The number of hydrogen-bond acceptors (Lipinski definition) is 3. The van der Waals surface area contributed by atoms with Crippen molar-refractivity contribution in [2.75, 3.05) is 6.54 Å². The van der Waals surface area contributed by atoms with Gasteiger partial charge in [-0.05, 0) is 44.4 Å². The Morgan fingerprint density at radius 1 is 1.32 bits per heavy atom. The summed E-state index contributed by atoms with van der Waals surface area (Å²) in [5.74, 6) is 0.909. The van der Waals surface area contributed by atoms with Gasteiger partial charge in [0.15, 0.2) is 0 Å². The molecule has 19 heavy (non-hydrogen) atoms. The van der Waals surface area contributed by atoms with Crippen LogP contribution in [0.1, 0.15) is 58.3 Å². The molecule has 0 radical (unpaired) electrons. The Morgan fingerprint density at radius 2 is 2.11 bits per heavy atom. The molecule has 1 saturated carbocycles. The molecule has 0 bridgehead atoms. The number of nitrogens with one attached hydrogen (secondary N) is 2. The van der Waals surface area contributed by atoms with Crippen LogP contribution in [-0.4, -0.2) is 35.7 Å². The number of aliphatic hydroxyl groups is 1. The molecular weight excluding hydrogens is 240 g/mol. The Kier molecular flexibility index (Phi) is 5.64. The van der Waals surface area contributed by atoms with Gasteiger partial charge in [0, 0.05) is 12.6 Å². The van der Waals surface area contributed by atoms with Gasteiger partial charge in [-0.1, -0.05) is 19.8 Å². The molecule has 0 spiro atoms. The molecule has 0 aromatic rings. The monoisotopic (exact) mass is 268 g/mol. The van der Waals surface area contributed by atoms with Crippen LogP contribution in [0.2, 0.25) is 0 Å². The molecule has 2 aliphatic rings. The SMILES string of the molecule is CCC(O)CCNC(=O)C1CCC2CCCCC2N1. The zero-order chi connectivity index (χ0) is 13.7. The number of carbonyl (C=O) groups is 1. The van der Waals surface area contributed by atoms with E-state index in [2.05, 4.69) is 10.6 Å². The van der Waals surface area contributed by atoms with E-state index in [9.17, 15) is 9.90 Å². The number of fused-ring (bicyclic) bond motifs is 1. The summed E-state index contributed by atoms with van der Waals surface area (Å²) < 4.78 is 0. The van der Waals surface area contributed by atoms with Crippen LogP contribution in [0.4, 0.5) is 0 Å². The molecular formula is C15H28N2O2. The molecule has 1 aliphatic carbocycles. The Balaban J connectivity index is 1.71. The lowest BCUT2D eigenvalue weighted by atomic mass is 9.77. The highest BCUT2D eigenvalue weighted by molar-refractivity contribution is 5.81. The number of aliphatic hydroxyl groups excluding tert-OH is 1. The number of carbonyl (C=O) groups excluding carboxylic acids is 1.